The summed E-state index contributed by atoms with van der Waals surface area (Å²) in [7, 11) is 0. The number of ether oxygens (including phenoxy) is 4. The summed E-state index contributed by atoms with van der Waals surface area (Å²) in [4.78, 5) is 40.7. The molecule has 0 radical (unpaired) electrons. The summed E-state index contributed by atoms with van der Waals surface area (Å²) in [5.74, 6) is -0.942. The second-order valence-corrected chi connectivity index (χ2v) is 9.01. The quantitative estimate of drug-likeness (QED) is 0.296. The van der Waals surface area contributed by atoms with Crippen LogP contribution in [0.4, 0.5) is 10.6 Å². The van der Waals surface area contributed by atoms with Gasteiger partial charge in [-0.3, -0.25) is 9.88 Å². The maximum absolute atomic E-state index is 12.1. The van der Waals surface area contributed by atoms with E-state index in [0.717, 1.165) is 5.56 Å². The molecule has 3 aromatic heterocycles. The standard InChI is InChI=1S/C26H25N7O7/c1-2-27-26(36)32-20-17-21(30-12-29-20)33(13-31-17)23-19-18(39-25(40-19)14-7-4-3-5-8-14)16(38-23)11-37-22-15(24(34)35)9-6-10-28-22/h3-10,12-13,16,18-19,23,25H,2,11H2,1H3,(H,34,35)(H2,27,29,30,32,36)/t16-,18-,19-,23-,25+/m1/s1. The van der Waals surface area contributed by atoms with Crippen molar-refractivity contribution in [3.05, 3.63) is 72.4 Å². The number of carbonyl (C=O) groups is 2. The van der Waals surface area contributed by atoms with Crippen molar-refractivity contribution in [2.45, 2.75) is 37.8 Å². The maximum atomic E-state index is 12.1. The molecule has 0 aliphatic carbocycles. The number of pyridine rings is 1. The summed E-state index contributed by atoms with van der Waals surface area (Å²) >= 11 is 0. The average molecular weight is 548 g/mol. The molecule has 4 aromatic rings. The van der Waals surface area contributed by atoms with E-state index in [2.05, 4.69) is 30.6 Å². The molecule has 2 saturated heterocycles. The minimum atomic E-state index is -1.16. The molecule has 0 unspecified atom stereocenters. The monoisotopic (exact) mass is 547 g/mol. The molecule has 0 bridgehead atoms. The van der Waals surface area contributed by atoms with Gasteiger partial charge in [-0.2, -0.15) is 0 Å². The third kappa shape index (κ3) is 4.79. The zero-order chi connectivity index (χ0) is 27.6. The van der Waals surface area contributed by atoms with Gasteiger partial charge in [0.15, 0.2) is 29.5 Å². The van der Waals surface area contributed by atoms with Gasteiger partial charge in [0.05, 0.1) is 6.33 Å². The van der Waals surface area contributed by atoms with Crippen molar-refractivity contribution in [1.29, 1.82) is 0 Å². The fourth-order valence-electron chi connectivity index (χ4n) is 4.73. The summed E-state index contributed by atoms with van der Waals surface area (Å²) in [6.45, 7) is 2.20. The van der Waals surface area contributed by atoms with Crippen LogP contribution in [0.2, 0.25) is 0 Å². The fraction of sp³-hybridized carbons (Fsp3) is 0.308. The van der Waals surface area contributed by atoms with Crippen molar-refractivity contribution in [3.63, 3.8) is 0 Å². The summed E-state index contributed by atoms with van der Waals surface area (Å²) in [6.07, 6.45) is 1.11. The van der Waals surface area contributed by atoms with Crippen molar-refractivity contribution in [2.75, 3.05) is 18.5 Å². The molecule has 2 fully saturated rings. The van der Waals surface area contributed by atoms with Gasteiger partial charge in [0.2, 0.25) is 5.88 Å². The lowest BCUT2D eigenvalue weighted by atomic mass is 10.1. The number of aromatic carboxylic acids is 1. The van der Waals surface area contributed by atoms with Gasteiger partial charge in [0.25, 0.3) is 0 Å². The molecule has 2 aliphatic heterocycles. The lowest BCUT2D eigenvalue weighted by Gasteiger charge is -2.21. The highest BCUT2D eigenvalue weighted by molar-refractivity contribution is 5.95. The van der Waals surface area contributed by atoms with E-state index >= 15 is 0 Å². The first-order chi connectivity index (χ1) is 19.5. The zero-order valence-corrected chi connectivity index (χ0v) is 21.2. The van der Waals surface area contributed by atoms with Crippen molar-refractivity contribution in [3.8, 4) is 5.88 Å². The second kappa shape index (κ2) is 10.8. The molecule has 206 valence electrons. The molecule has 3 N–H and O–H groups in total. The Balaban J connectivity index is 1.30. The van der Waals surface area contributed by atoms with Gasteiger partial charge in [-0.15, -0.1) is 0 Å². The number of urea groups is 1. The fourth-order valence-corrected chi connectivity index (χ4v) is 4.73. The number of nitrogens with one attached hydrogen (secondary N) is 2. The van der Waals surface area contributed by atoms with E-state index in [0.29, 0.717) is 17.7 Å². The van der Waals surface area contributed by atoms with Crippen molar-refractivity contribution in [1.82, 2.24) is 29.8 Å². The average Bonchev–Trinajstić information content (AvgIpc) is 3.67. The predicted octanol–water partition coefficient (Wildman–Crippen LogP) is 2.52. The molecule has 6 rings (SSSR count). The van der Waals surface area contributed by atoms with Crippen molar-refractivity contribution < 1.29 is 33.6 Å². The lowest BCUT2D eigenvalue weighted by Crippen LogP contribution is -2.33. The third-order valence-corrected chi connectivity index (χ3v) is 6.51. The molecule has 5 heterocycles. The van der Waals surface area contributed by atoms with Crippen molar-refractivity contribution >= 4 is 29.0 Å². The number of carboxylic acid groups (broad SMARTS) is 1. The second-order valence-electron chi connectivity index (χ2n) is 9.01. The molecule has 1 aromatic carbocycles. The summed E-state index contributed by atoms with van der Waals surface area (Å²) in [5, 5.41) is 14.8. The number of benzene rings is 1. The lowest BCUT2D eigenvalue weighted by molar-refractivity contribution is -0.152. The van der Waals surface area contributed by atoms with Crippen LogP contribution in [0, 0.1) is 0 Å². The SMILES string of the molecule is CCNC(=O)Nc1ncnc2c1ncn2[C@@H]1O[C@H](COc2ncccc2C(=O)O)[C@H]2O[C@H](c3ccccc3)O[C@H]21. The van der Waals surface area contributed by atoms with Gasteiger partial charge in [-0.1, -0.05) is 30.3 Å². The first-order valence-corrected chi connectivity index (χ1v) is 12.6. The van der Waals surface area contributed by atoms with Crippen molar-refractivity contribution in [2.24, 2.45) is 0 Å². The molecule has 0 saturated carbocycles. The first kappa shape index (κ1) is 25.6. The molecule has 2 amide bonds. The van der Waals surface area contributed by atoms with Crippen LogP contribution in [-0.4, -0.2) is 73.1 Å². The number of fused-ring (bicyclic) bond motifs is 2. The Morgan fingerprint density at radius 3 is 2.65 bits per heavy atom. The van der Waals surface area contributed by atoms with E-state index in [-0.39, 0.29) is 23.9 Å². The van der Waals surface area contributed by atoms with Gasteiger partial charge in [0, 0.05) is 18.3 Å². The van der Waals surface area contributed by atoms with Crippen LogP contribution in [0.15, 0.2) is 61.3 Å². The van der Waals surface area contributed by atoms with Crippen LogP contribution >= 0.6 is 0 Å². The normalized spacial score (nSPS) is 23.6. The number of anilines is 1. The number of amides is 2. The molecule has 0 spiro atoms. The molecule has 5 atom stereocenters. The van der Waals surface area contributed by atoms with E-state index in [1.807, 2.05) is 30.3 Å². The molecule has 14 heteroatoms. The number of hydrogen-bond donors (Lipinski definition) is 3. The number of imidazole rings is 1. The van der Waals surface area contributed by atoms with E-state index in [4.69, 9.17) is 18.9 Å². The third-order valence-electron chi connectivity index (χ3n) is 6.51. The van der Waals surface area contributed by atoms with Gasteiger partial charge >= 0.3 is 12.0 Å². The minimum absolute atomic E-state index is 0.0287. The zero-order valence-electron chi connectivity index (χ0n) is 21.2. The van der Waals surface area contributed by atoms with E-state index in [9.17, 15) is 14.7 Å². The smallest absolute Gasteiger partial charge is 0.341 e. The van der Waals surface area contributed by atoms with Crippen LogP contribution in [0.25, 0.3) is 11.2 Å². The van der Waals surface area contributed by atoms with Crippen LogP contribution in [0.1, 0.15) is 35.4 Å². The Hall–Kier alpha value is -4.66. The Bertz CT molecular complexity index is 1530. The number of rotatable bonds is 8. The Morgan fingerprint density at radius 1 is 1.02 bits per heavy atom. The Morgan fingerprint density at radius 2 is 1.85 bits per heavy atom. The van der Waals surface area contributed by atoms with Gasteiger partial charge in [0.1, 0.15) is 36.8 Å². The van der Waals surface area contributed by atoms with E-state index < -0.39 is 42.8 Å². The van der Waals surface area contributed by atoms with Gasteiger partial charge in [-0.05, 0) is 19.1 Å². The molecular formula is C26H25N7O7. The highest BCUT2D eigenvalue weighted by Crippen LogP contribution is 2.45. The van der Waals surface area contributed by atoms with Crippen LogP contribution in [0.3, 0.4) is 0 Å². The molecular weight excluding hydrogens is 522 g/mol. The van der Waals surface area contributed by atoms with Crippen LogP contribution in [0.5, 0.6) is 5.88 Å². The minimum Gasteiger partial charge on any atom is -0.477 e. The van der Waals surface area contributed by atoms with E-state index in [1.54, 1.807) is 11.5 Å². The first-order valence-electron chi connectivity index (χ1n) is 12.6. The largest absolute Gasteiger partial charge is 0.477 e. The predicted molar refractivity (Wildman–Crippen MR) is 138 cm³/mol. The van der Waals surface area contributed by atoms with Gasteiger partial charge in [-0.25, -0.2) is 29.5 Å². The van der Waals surface area contributed by atoms with Gasteiger partial charge < -0.3 is 29.4 Å². The number of hydrogen-bond acceptors (Lipinski definition) is 10. The highest BCUT2D eigenvalue weighted by atomic mass is 16.8. The number of carboxylic acids is 1. The van der Waals surface area contributed by atoms with Crippen LogP contribution < -0.4 is 15.4 Å². The highest BCUT2D eigenvalue weighted by Gasteiger charge is 2.54. The summed E-state index contributed by atoms with van der Waals surface area (Å²) < 4.78 is 26.5. The number of nitrogens with zero attached hydrogens (tertiary/aromatic N) is 5. The number of carbonyl (C=O) groups excluding carboxylic acids is 1. The maximum Gasteiger partial charge on any atom is 0.341 e. The van der Waals surface area contributed by atoms with Crippen LogP contribution in [-0.2, 0) is 14.2 Å². The van der Waals surface area contributed by atoms with E-state index in [1.165, 1.54) is 31.0 Å². The summed E-state index contributed by atoms with van der Waals surface area (Å²) in [6, 6.07) is 12.0. The summed E-state index contributed by atoms with van der Waals surface area (Å²) in [5.41, 5.74) is 1.55. The Kier molecular flexibility index (Phi) is 6.94. The molecule has 2 aliphatic rings. The molecule has 14 nitrogen and oxygen atoms in total. The Labute approximate surface area is 227 Å². The number of aromatic nitrogens is 5. The topological polar surface area (TPSA) is 172 Å². The molecule has 40 heavy (non-hydrogen) atoms.